The first-order chi connectivity index (χ1) is 9.56. The highest BCUT2D eigenvalue weighted by molar-refractivity contribution is 5.91. The minimum absolute atomic E-state index is 0.0241. The number of likely N-dealkylation sites (tertiary alicyclic amines) is 1. The molecule has 108 valence electrons. The molecular weight excluding hydrogens is 258 g/mol. The van der Waals surface area contributed by atoms with Gasteiger partial charge in [0.1, 0.15) is 0 Å². The van der Waals surface area contributed by atoms with Crippen LogP contribution < -0.4 is 0 Å². The lowest BCUT2D eigenvalue weighted by Gasteiger charge is -2.13. The van der Waals surface area contributed by atoms with Gasteiger partial charge in [-0.15, -0.1) is 0 Å². The van der Waals surface area contributed by atoms with Crippen molar-refractivity contribution in [2.45, 2.75) is 19.3 Å². The highest BCUT2D eigenvalue weighted by atomic mass is 16.4. The molecule has 2 rings (SSSR count). The van der Waals surface area contributed by atoms with Gasteiger partial charge in [-0.05, 0) is 30.9 Å². The molecule has 1 fully saturated rings. The Balaban J connectivity index is 1.84. The lowest BCUT2D eigenvalue weighted by Crippen LogP contribution is -2.26. The molecule has 1 aliphatic heterocycles. The normalized spacial score (nSPS) is 18.9. The minimum Gasteiger partial charge on any atom is -0.481 e. The van der Waals surface area contributed by atoms with Gasteiger partial charge in [0.25, 0.3) is 0 Å². The highest BCUT2D eigenvalue weighted by Gasteiger charge is 2.25. The number of carboxylic acid groups (broad SMARTS) is 1. The van der Waals surface area contributed by atoms with E-state index in [1.165, 1.54) is 0 Å². The van der Waals surface area contributed by atoms with Crippen molar-refractivity contribution < 1.29 is 14.7 Å². The Bertz CT molecular complexity index is 521. The fourth-order valence-corrected chi connectivity index (χ4v) is 2.41. The third-order valence-electron chi connectivity index (χ3n) is 3.62. The molecule has 1 aromatic rings. The van der Waals surface area contributed by atoms with Crippen LogP contribution in [0.4, 0.5) is 0 Å². The van der Waals surface area contributed by atoms with Gasteiger partial charge >= 0.3 is 5.97 Å². The van der Waals surface area contributed by atoms with E-state index in [9.17, 15) is 9.59 Å². The number of rotatable bonds is 5. The summed E-state index contributed by atoms with van der Waals surface area (Å²) in [6.45, 7) is 1.36. The second-order valence-electron chi connectivity index (χ2n) is 5.08. The Morgan fingerprint density at radius 3 is 3.00 bits per heavy atom. The molecule has 0 bridgehead atoms. The molecule has 1 aromatic heterocycles. The molecule has 1 saturated heterocycles. The number of carboxylic acids is 1. The van der Waals surface area contributed by atoms with Crippen molar-refractivity contribution in [2.24, 2.45) is 13.0 Å². The first-order valence-electron chi connectivity index (χ1n) is 6.73. The van der Waals surface area contributed by atoms with Crippen molar-refractivity contribution in [3.05, 3.63) is 24.0 Å². The summed E-state index contributed by atoms with van der Waals surface area (Å²) in [5.74, 6) is -0.491. The number of nitrogens with zero attached hydrogens (tertiary/aromatic N) is 3. The first-order valence-corrected chi connectivity index (χ1v) is 6.73. The first kappa shape index (κ1) is 14.3. The van der Waals surface area contributed by atoms with E-state index in [2.05, 4.69) is 5.10 Å². The summed E-state index contributed by atoms with van der Waals surface area (Å²) in [6, 6.07) is 1.84. The van der Waals surface area contributed by atoms with Gasteiger partial charge in [-0.3, -0.25) is 14.3 Å². The monoisotopic (exact) mass is 277 g/mol. The van der Waals surface area contributed by atoms with E-state index in [0.29, 0.717) is 25.4 Å². The molecule has 1 amide bonds. The molecule has 0 saturated carbocycles. The number of amides is 1. The number of hydrogen-bond acceptors (Lipinski definition) is 3. The summed E-state index contributed by atoms with van der Waals surface area (Å²) >= 11 is 0. The van der Waals surface area contributed by atoms with E-state index >= 15 is 0 Å². The average molecular weight is 277 g/mol. The Kier molecular flexibility index (Phi) is 4.55. The fourth-order valence-electron chi connectivity index (χ4n) is 2.41. The molecule has 0 radical (unpaired) electrons. The topological polar surface area (TPSA) is 75.4 Å². The maximum atomic E-state index is 12.0. The Labute approximate surface area is 117 Å². The van der Waals surface area contributed by atoms with Crippen LogP contribution in [-0.4, -0.2) is 44.8 Å². The largest absolute Gasteiger partial charge is 0.481 e. The summed E-state index contributed by atoms with van der Waals surface area (Å²) in [6.07, 6.45) is 6.69. The summed E-state index contributed by atoms with van der Waals surface area (Å²) in [5, 5.41) is 12.7. The maximum absolute atomic E-state index is 12.0. The summed E-state index contributed by atoms with van der Waals surface area (Å²) in [7, 11) is 1.82. The van der Waals surface area contributed by atoms with Crippen LogP contribution in [0, 0.1) is 5.92 Å². The van der Waals surface area contributed by atoms with Gasteiger partial charge in [0.15, 0.2) is 0 Å². The third-order valence-corrected chi connectivity index (χ3v) is 3.62. The van der Waals surface area contributed by atoms with Gasteiger partial charge in [0, 0.05) is 38.8 Å². The second kappa shape index (κ2) is 6.36. The molecule has 0 aromatic carbocycles. The van der Waals surface area contributed by atoms with E-state index in [1.807, 2.05) is 13.1 Å². The molecule has 0 spiro atoms. The smallest absolute Gasteiger partial charge is 0.303 e. The number of carbonyl (C=O) groups is 2. The van der Waals surface area contributed by atoms with Gasteiger partial charge in [-0.2, -0.15) is 5.10 Å². The van der Waals surface area contributed by atoms with Gasteiger partial charge in [0.05, 0.1) is 5.69 Å². The quantitative estimate of drug-likeness (QED) is 0.819. The van der Waals surface area contributed by atoms with Crippen molar-refractivity contribution in [1.82, 2.24) is 14.7 Å². The molecule has 6 nitrogen and oxygen atoms in total. The Morgan fingerprint density at radius 1 is 1.55 bits per heavy atom. The van der Waals surface area contributed by atoms with Crippen LogP contribution in [0.15, 0.2) is 18.3 Å². The standard InChI is InChI=1S/C14H19N3O3/c1-16-12(6-8-15-16)3-4-13(18)17-9-7-11(10-17)2-5-14(19)20/h3-4,6,8,11H,2,5,7,9-10H2,1H3,(H,19,20)/b4-3+. The number of hydrogen-bond donors (Lipinski definition) is 1. The van der Waals surface area contributed by atoms with Crippen molar-refractivity contribution in [1.29, 1.82) is 0 Å². The number of aliphatic carboxylic acids is 1. The summed E-state index contributed by atoms with van der Waals surface area (Å²) < 4.78 is 1.70. The van der Waals surface area contributed by atoms with Crippen molar-refractivity contribution in [3.63, 3.8) is 0 Å². The predicted octanol–water partition coefficient (Wildman–Crippen LogP) is 1.15. The van der Waals surface area contributed by atoms with Crippen LogP contribution in [-0.2, 0) is 16.6 Å². The number of carbonyl (C=O) groups excluding carboxylic acids is 1. The molecule has 6 heteroatoms. The van der Waals surface area contributed by atoms with Gasteiger partial charge in [-0.25, -0.2) is 0 Å². The summed E-state index contributed by atoms with van der Waals surface area (Å²) in [5.41, 5.74) is 0.875. The van der Waals surface area contributed by atoms with Crippen molar-refractivity contribution in [3.8, 4) is 0 Å². The van der Waals surface area contributed by atoms with E-state index in [0.717, 1.165) is 12.1 Å². The van der Waals surface area contributed by atoms with Crippen LogP contribution in [0.2, 0.25) is 0 Å². The molecule has 1 atom stereocenters. The minimum atomic E-state index is -0.772. The molecule has 0 aliphatic carbocycles. The van der Waals surface area contributed by atoms with Gasteiger partial charge in [0.2, 0.25) is 5.91 Å². The lowest BCUT2D eigenvalue weighted by atomic mass is 10.0. The predicted molar refractivity (Wildman–Crippen MR) is 73.8 cm³/mol. The molecule has 1 aliphatic rings. The van der Waals surface area contributed by atoms with Crippen LogP contribution in [0.3, 0.4) is 0 Å². The third kappa shape index (κ3) is 3.69. The number of aromatic nitrogens is 2. The molecule has 2 heterocycles. The van der Waals surface area contributed by atoms with Crippen molar-refractivity contribution in [2.75, 3.05) is 13.1 Å². The second-order valence-corrected chi connectivity index (χ2v) is 5.08. The zero-order valence-corrected chi connectivity index (χ0v) is 11.5. The molecule has 20 heavy (non-hydrogen) atoms. The lowest BCUT2D eigenvalue weighted by molar-refractivity contribution is -0.137. The number of aryl methyl sites for hydroxylation is 1. The highest BCUT2D eigenvalue weighted by Crippen LogP contribution is 2.21. The zero-order valence-electron chi connectivity index (χ0n) is 11.5. The average Bonchev–Trinajstić information content (AvgIpc) is 3.02. The van der Waals surface area contributed by atoms with Crippen molar-refractivity contribution >= 4 is 18.0 Å². The molecule has 1 N–H and O–H groups in total. The van der Waals surface area contributed by atoms with Crippen LogP contribution >= 0.6 is 0 Å². The van der Waals surface area contributed by atoms with Crippen LogP contribution in [0.5, 0.6) is 0 Å². The van der Waals surface area contributed by atoms with E-state index < -0.39 is 5.97 Å². The van der Waals surface area contributed by atoms with Gasteiger partial charge < -0.3 is 10.0 Å². The van der Waals surface area contributed by atoms with Crippen LogP contribution in [0.25, 0.3) is 6.08 Å². The summed E-state index contributed by atoms with van der Waals surface area (Å²) in [4.78, 5) is 24.3. The Hall–Kier alpha value is -2.11. The fraction of sp³-hybridized carbons (Fsp3) is 0.500. The maximum Gasteiger partial charge on any atom is 0.303 e. The molecular formula is C14H19N3O3. The zero-order chi connectivity index (χ0) is 14.5. The van der Waals surface area contributed by atoms with Gasteiger partial charge in [-0.1, -0.05) is 0 Å². The van der Waals surface area contributed by atoms with E-state index in [-0.39, 0.29) is 12.3 Å². The molecule has 1 unspecified atom stereocenters. The SMILES string of the molecule is Cn1nccc1/C=C/C(=O)N1CCC(CCC(=O)O)C1. The Morgan fingerprint density at radius 2 is 2.35 bits per heavy atom. The van der Waals surface area contributed by atoms with E-state index in [4.69, 9.17) is 5.11 Å². The van der Waals surface area contributed by atoms with Crippen LogP contribution in [0.1, 0.15) is 25.0 Å². The van der Waals surface area contributed by atoms with E-state index in [1.54, 1.807) is 27.9 Å².